The zero-order valence-electron chi connectivity index (χ0n) is 13.3. The normalized spacial score (nSPS) is 14.2. The summed E-state index contributed by atoms with van der Waals surface area (Å²) in [5.74, 6) is -1.64. The minimum Gasteiger partial charge on any atom is -0.476 e. The molecule has 0 fully saturated rings. The van der Waals surface area contributed by atoms with E-state index in [1.165, 1.54) is 0 Å². The summed E-state index contributed by atoms with van der Waals surface area (Å²) in [5, 5.41) is 14.4. The van der Waals surface area contributed by atoms with Gasteiger partial charge in [-0.25, -0.2) is 9.78 Å². The number of carboxylic acid groups (broad SMARTS) is 1. The zero-order valence-corrected chi connectivity index (χ0v) is 15.5. The van der Waals surface area contributed by atoms with Gasteiger partial charge in [0.25, 0.3) is 0 Å². The van der Waals surface area contributed by atoms with E-state index in [0.717, 1.165) is 10.8 Å². The summed E-state index contributed by atoms with van der Waals surface area (Å²) in [6.45, 7) is 0. The molecule has 0 unspecified atom stereocenters. The van der Waals surface area contributed by atoms with Crippen LogP contribution in [0.25, 0.3) is 10.8 Å². The number of hydrogen-bond acceptors (Lipinski definition) is 5. The maximum absolute atomic E-state index is 12.7. The smallest absolute Gasteiger partial charge is 0.356 e. The van der Waals surface area contributed by atoms with E-state index in [-0.39, 0.29) is 32.4 Å². The molecule has 0 saturated carbocycles. The molecule has 27 heavy (non-hydrogen) atoms. The number of rotatable bonds is 3. The number of nitrogens with one attached hydrogen (secondary N) is 1. The third kappa shape index (κ3) is 2.73. The largest absolute Gasteiger partial charge is 0.476 e. The van der Waals surface area contributed by atoms with Crippen molar-refractivity contribution in [2.24, 2.45) is 5.10 Å². The molecule has 9 heteroatoms. The number of hydrogen-bond donors (Lipinski definition) is 2. The number of carbonyl (C=O) groups excluding carboxylic acids is 1. The summed E-state index contributed by atoms with van der Waals surface area (Å²) in [7, 11) is 0. The van der Waals surface area contributed by atoms with Crippen LogP contribution in [0.2, 0.25) is 15.2 Å². The Balaban J connectivity index is 1.83. The first kappa shape index (κ1) is 17.7. The number of pyridine rings is 1. The Bertz CT molecular complexity index is 1190. The maximum atomic E-state index is 12.7. The third-order valence-electron chi connectivity index (χ3n) is 4.14. The predicted octanol–water partition coefficient (Wildman–Crippen LogP) is 4.91. The Kier molecular flexibility index (Phi) is 4.26. The molecule has 0 radical (unpaired) electrons. The predicted molar refractivity (Wildman–Crippen MR) is 105 cm³/mol. The maximum Gasteiger partial charge on any atom is 0.356 e. The highest BCUT2D eigenvalue weighted by Crippen LogP contribution is 2.37. The van der Waals surface area contributed by atoms with Gasteiger partial charge in [-0.05, 0) is 5.39 Å². The van der Waals surface area contributed by atoms with Crippen LogP contribution >= 0.6 is 34.8 Å². The topological polar surface area (TPSA) is 91.7 Å². The van der Waals surface area contributed by atoms with Crippen LogP contribution in [0, 0.1) is 0 Å². The summed E-state index contributed by atoms with van der Waals surface area (Å²) in [5.41, 5.74) is 3.43. The number of carboxylic acids is 1. The van der Waals surface area contributed by atoms with Gasteiger partial charge in [0.05, 0.1) is 5.69 Å². The Morgan fingerprint density at radius 2 is 1.70 bits per heavy atom. The highest BCUT2D eigenvalue weighted by molar-refractivity contribution is 6.59. The van der Waals surface area contributed by atoms with E-state index in [2.05, 4.69) is 15.5 Å². The molecule has 2 aromatic carbocycles. The number of ketones is 1. The van der Waals surface area contributed by atoms with Crippen LogP contribution in [0.5, 0.6) is 0 Å². The highest BCUT2D eigenvalue weighted by Gasteiger charge is 2.29. The molecule has 2 N–H and O–H groups in total. The fourth-order valence-electron chi connectivity index (χ4n) is 2.95. The van der Waals surface area contributed by atoms with Gasteiger partial charge in [0, 0.05) is 16.5 Å². The molecule has 0 saturated heterocycles. The molecule has 6 nitrogen and oxygen atoms in total. The molecule has 0 atom stereocenters. The van der Waals surface area contributed by atoms with Gasteiger partial charge in [-0.2, -0.15) is 5.10 Å². The number of benzene rings is 2. The van der Waals surface area contributed by atoms with E-state index in [1.54, 1.807) is 18.2 Å². The van der Waals surface area contributed by atoms with Crippen molar-refractivity contribution in [2.75, 3.05) is 5.43 Å². The Hall–Kier alpha value is -2.67. The number of anilines is 1. The van der Waals surface area contributed by atoms with Crippen molar-refractivity contribution < 1.29 is 14.7 Å². The van der Waals surface area contributed by atoms with Crippen molar-refractivity contribution in [1.82, 2.24) is 4.98 Å². The number of aromatic nitrogens is 1. The lowest BCUT2D eigenvalue weighted by atomic mass is 10.1. The first-order valence-electron chi connectivity index (χ1n) is 7.58. The molecule has 134 valence electrons. The molecule has 0 bridgehead atoms. The van der Waals surface area contributed by atoms with Crippen LogP contribution in [-0.4, -0.2) is 27.6 Å². The van der Waals surface area contributed by atoms with E-state index in [9.17, 15) is 14.7 Å². The van der Waals surface area contributed by atoms with Gasteiger partial charge in [-0.1, -0.05) is 71.2 Å². The second-order valence-electron chi connectivity index (χ2n) is 5.67. The van der Waals surface area contributed by atoms with Crippen molar-refractivity contribution in [3.8, 4) is 0 Å². The Morgan fingerprint density at radius 3 is 2.37 bits per heavy atom. The lowest BCUT2D eigenvalue weighted by Gasteiger charge is -2.10. The summed E-state index contributed by atoms with van der Waals surface area (Å²) in [4.78, 5) is 27.6. The first-order valence-corrected chi connectivity index (χ1v) is 8.72. The number of hydrazone groups is 1. The van der Waals surface area contributed by atoms with Crippen LogP contribution in [0.4, 0.5) is 5.69 Å². The molecule has 1 aromatic heterocycles. The molecular weight excluding hydrogens is 413 g/mol. The number of carbonyl (C=O) groups is 2. The lowest BCUT2D eigenvalue weighted by Crippen LogP contribution is -2.12. The van der Waals surface area contributed by atoms with E-state index in [4.69, 9.17) is 34.8 Å². The highest BCUT2D eigenvalue weighted by atomic mass is 35.5. The third-order valence-corrected chi connectivity index (χ3v) is 5.25. The van der Waals surface area contributed by atoms with Gasteiger partial charge in [0.15, 0.2) is 10.8 Å². The fourth-order valence-corrected chi connectivity index (χ4v) is 3.62. The second kappa shape index (κ2) is 6.49. The molecule has 0 aliphatic heterocycles. The number of aromatic carboxylic acids is 1. The van der Waals surface area contributed by atoms with Crippen LogP contribution < -0.4 is 5.43 Å². The summed E-state index contributed by atoms with van der Waals surface area (Å²) in [6.07, 6.45) is 0. The van der Waals surface area contributed by atoms with Crippen molar-refractivity contribution >= 4 is 68.7 Å². The lowest BCUT2D eigenvalue weighted by molar-refractivity contribution is 0.0690. The average Bonchev–Trinajstić information content (AvgIpc) is 2.92. The summed E-state index contributed by atoms with van der Waals surface area (Å²) < 4.78 is 0. The van der Waals surface area contributed by atoms with Crippen molar-refractivity contribution in [3.05, 3.63) is 68.4 Å². The van der Waals surface area contributed by atoms with Gasteiger partial charge in [0.1, 0.15) is 15.8 Å². The fraction of sp³-hybridized carbons (Fsp3) is 0. The average molecular weight is 421 g/mol. The molecule has 3 aromatic rings. The van der Waals surface area contributed by atoms with E-state index in [1.807, 2.05) is 18.2 Å². The van der Waals surface area contributed by atoms with Crippen LogP contribution in [0.1, 0.15) is 26.4 Å². The van der Waals surface area contributed by atoms with Gasteiger partial charge in [-0.3, -0.25) is 10.2 Å². The number of Topliss-reactive ketones (excluding diaryl/α,β-unsaturated/α-hetero) is 1. The molecular formula is C18H8Cl3N3O3. The molecule has 0 spiro atoms. The van der Waals surface area contributed by atoms with Gasteiger partial charge in [-0.15, -0.1) is 0 Å². The SMILES string of the molecule is O=C(O)c1nc(Cl)c(Cl)c(NN=C2C(=O)c3cccc4cccc2c34)c1Cl. The number of nitrogens with zero attached hydrogens (tertiary/aromatic N) is 2. The minimum atomic E-state index is -1.37. The molecule has 1 aliphatic rings. The Labute approximate surface area is 167 Å². The van der Waals surface area contributed by atoms with Gasteiger partial charge < -0.3 is 5.11 Å². The molecule has 4 rings (SSSR count). The van der Waals surface area contributed by atoms with E-state index in [0.29, 0.717) is 11.1 Å². The Morgan fingerprint density at radius 1 is 1.04 bits per heavy atom. The van der Waals surface area contributed by atoms with Crippen LogP contribution in [0.3, 0.4) is 0 Å². The van der Waals surface area contributed by atoms with E-state index >= 15 is 0 Å². The zero-order chi connectivity index (χ0) is 19.3. The standard InChI is InChI=1S/C18H8Cl3N3O3/c19-11-14(12(20)17(21)22-15(11)18(26)27)24-23-13-8-5-1-3-7-4-2-6-9(10(7)8)16(13)25/h1-6H,(H,22,24)(H,26,27). The molecule has 1 aliphatic carbocycles. The second-order valence-corrected chi connectivity index (χ2v) is 6.78. The molecule has 1 heterocycles. The number of halogens is 3. The van der Waals surface area contributed by atoms with E-state index < -0.39 is 11.7 Å². The van der Waals surface area contributed by atoms with Crippen molar-refractivity contribution in [2.45, 2.75) is 0 Å². The quantitative estimate of drug-likeness (QED) is 0.464. The monoisotopic (exact) mass is 419 g/mol. The van der Waals surface area contributed by atoms with Gasteiger partial charge >= 0.3 is 5.97 Å². The first-order chi connectivity index (χ1) is 12.9. The minimum absolute atomic E-state index is 0.0424. The summed E-state index contributed by atoms with van der Waals surface area (Å²) in [6, 6.07) is 10.9. The molecule has 0 amide bonds. The van der Waals surface area contributed by atoms with Crippen molar-refractivity contribution in [3.63, 3.8) is 0 Å². The van der Waals surface area contributed by atoms with Gasteiger partial charge in [0.2, 0.25) is 5.78 Å². The van der Waals surface area contributed by atoms with Crippen LogP contribution in [0.15, 0.2) is 41.5 Å². The van der Waals surface area contributed by atoms with Crippen molar-refractivity contribution in [1.29, 1.82) is 0 Å². The summed E-state index contributed by atoms with van der Waals surface area (Å²) >= 11 is 18.0. The van der Waals surface area contributed by atoms with Crippen LogP contribution in [-0.2, 0) is 0 Å².